The Hall–Kier alpha value is -1.12. The standard InChI is InChI=1S/C21H31NO2/c1-13(23)17-6-7-18-16-5-4-14-12-15(22-24)8-10-20(14,2)19(16)9-11-21(17,18)3/h12,16-19,24H,4-11H2,1-3H3/b22-15-/t16-,17+,18-,19-,20-,21+/m0/s1. The zero-order valence-electron chi connectivity index (χ0n) is 15.3. The third-order valence-electron chi connectivity index (χ3n) is 8.60. The average molecular weight is 329 g/mol. The fraction of sp³-hybridized carbons (Fsp3) is 0.810. The summed E-state index contributed by atoms with van der Waals surface area (Å²) in [5.74, 6) is 2.98. The van der Waals surface area contributed by atoms with Crippen LogP contribution in [0.5, 0.6) is 0 Å². The zero-order valence-corrected chi connectivity index (χ0v) is 15.3. The number of fused-ring (bicyclic) bond motifs is 5. The van der Waals surface area contributed by atoms with Crippen LogP contribution in [0.2, 0.25) is 0 Å². The molecule has 3 nitrogen and oxygen atoms in total. The maximum absolute atomic E-state index is 12.2. The fourth-order valence-electron chi connectivity index (χ4n) is 7.32. The van der Waals surface area contributed by atoms with E-state index in [-0.39, 0.29) is 10.8 Å². The maximum Gasteiger partial charge on any atom is 0.133 e. The first-order chi connectivity index (χ1) is 11.4. The molecule has 0 bridgehead atoms. The third kappa shape index (κ3) is 2.09. The molecule has 6 atom stereocenters. The molecule has 0 radical (unpaired) electrons. The van der Waals surface area contributed by atoms with E-state index in [9.17, 15) is 4.79 Å². The monoisotopic (exact) mass is 329 g/mol. The number of Topliss-reactive ketones (excluding diaryl/α,β-unsaturated/α-hetero) is 1. The van der Waals surface area contributed by atoms with Gasteiger partial charge in [0, 0.05) is 5.92 Å². The normalized spacial score (nSPS) is 49.1. The molecule has 3 saturated carbocycles. The van der Waals surface area contributed by atoms with E-state index in [4.69, 9.17) is 5.21 Å². The van der Waals surface area contributed by atoms with Crippen molar-refractivity contribution in [3.63, 3.8) is 0 Å². The van der Waals surface area contributed by atoms with Crippen molar-refractivity contribution in [2.24, 2.45) is 39.7 Å². The van der Waals surface area contributed by atoms with Crippen molar-refractivity contribution in [2.45, 2.75) is 72.1 Å². The largest absolute Gasteiger partial charge is 0.411 e. The highest BCUT2D eigenvalue weighted by molar-refractivity contribution is 5.96. The van der Waals surface area contributed by atoms with Crippen LogP contribution in [0.3, 0.4) is 0 Å². The van der Waals surface area contributed by atoms with Crippen molar-refractivity contribution in [1.82, 2.24) is 0 Å². The Morgan fingerprint density at radius 3 is 2.62 bits per heavy atom. The van der Waals surface area contributed by atoms with Gasteiger partial charge in [-0.15, -0.1) is 0 Å². The molecule has 4 aliphatic carbocycles. The summed E-state index contributed by atoms with van der Waals surface area (Å²) in [5.41, 5.74) is 2.91. The predicted octanol–water partition coefficient (Wildman–Crippen LogP) is 4.98. The second-order valence-corrected chi connectivity index (χ2v) is 9.38. The summed E-state index contributed by atoms with van der Waals surface area (Å²) in [6, 6.07) is 0. The van der Waals surface area contributed by atoms with Gasteiger partial charge in [-0.2, -0.15) is 0 Å². The molecule has 1 N–H and O–H groups in total. The van der Waals surface area contributed by atoms with E-state index in [0.29, 0.717) is 11.7 Å². The number of hydrogen-bond acceptors (Lipinski definition) is 3. The highest BCUT2D eigenvalue weighted by atomic mass is 16.4. The molecule has 0 amide bonds. The Kier molecular flexibility index (Phi) is 3.71. The average Bonchev–Trinajstić information content (AvgIpc) is 2.91. The number of hydrogen-bond donors (Lipinski definition) is 1. The van der Waals surface area contributed by atoms with E-state index in [1.165, 1.54) is 31.3 Å². The molecular formula is C21H31NO2. The molecule has 4 rings (SSSR count). The molecule has 0 heterocycles. The Morgan fingerprint density at radius 1 is 1.12 bits per heavy atom. The summed E-state index contributed by atoms with van der Waals surface area (Å²) in [6.45, 7) is 6.69. The molecular weight excluding hydrogens is 298 g/mol. The molecule has 0 aromatic rings. The van der Waals surface area contributed by atoms with Crippen LogP contribution in [0.15, 0.2) is 16.8 Å². The van der Waals surface area contributed by atoms with Gasteiger partial charge < -0.3 is 5.21 Å². The van der Waals surface area contributed by atoms with Gasteiger partial charge in [0.25, 0.3) is 0 Å². The lowest BCUT2D eigenvalue weighted by Gasteiger charge is -2.58. The van der Waals surface area contributed by atoms with Gasteiger partial charge in [0.15, 0.2) is 0 Å². The predicted molar refractivity (Wildman–Crippen MR) is 95.1 cm³/mol. The molecule has 3 fully saturated rings. The van der Waals surface area contributed by atoms with Gasteiger partial charge in [-0.1, -0.05) is 24.6 Å². The SMILES string of the molecule is CC(=O)[C@H]1CC[C@H]2[C@@H]3CCC4=C/C(=N\O)CC[C@]4(C)[C@H]3CC[C@]12C. The summed E-state index contributed by atoms with van der Waals surface area (Å²) in [4.78, 5) is 12.2. The van der Waals surface area contributed by atoms with E-state index >= 15 is 0 Å². The van der Waals surface area contributed by atoms with Gasteiger partial charge in [0.2, 0.25) is 0 Å². The van der Waals surface area contributed by atoms with Crippen LogP contribution in [0.1, 0.15) is 72.1 Å². The lowest BCUT2D eigenvalue weighted by Crippen LogP contribution is -2.51. The molecule has 132 valence electrons. The van der Waals surface area contributed by atoms with Crippen molar-refractivity contribution in [1.29, 1.82) is 0 Å². The van der Waals surface area contributed by atoms with Gasteiger partial charge in [-0.05, 0) is 93.0 Å². The molecule has 0 spiro atoms. The van der Waals surface area contributed by atoms with Crippen LogP contribution in [0.25, 0.3) is 0 Å². The Labute approximate surface area is 145 Å². The van der Waals surface area contributed by atoms with E-state index in [2.05, 4.69) is 25.1 Å². The number of carbonyl (C=O) groups is 1. The van der Waals surface area contributed by atoms with Gasteiger partial charge >= 0.3 is 0 Å². The fourth-order valence-corrected chi connectivity index (χ4v) is 7.32. The summed E-state index contributed by atoms with van der Waals surface area (Å²) < 4.78 is 0. The highest BCUT2D eigenvalue weighted by Gasteiger charge is 2.59. The molecule has 0 aliphatic heterocycles. The minimum atomic E-state index is 0.247. The summed E-state index contributed by atoms with van der Waals surface area (Å²) in [7, 11) is 0. The number of oxime groups is 1. The summed E-state index contributed by atoms with van der Waals surface area (Å²) in [5, 5.41) is 12.6. The van der Waals surface area contributed by atoms with Crippen molar-refractivity contribution >= 4 is 11.5 Å². The van der Waals surface area contributed by atoms with Crippen LogP contribution < -0.4 is 0 Å². The van der Waals surface area contributed by atoms with Gasteiger partial charge in [0.05, 0.1) is 5.71 Å². The van der Waals surface area contributed by atoms with Crippen LogP contribution >= 0.6 is 0 Å². The Morgan fingerprint density at radius 2 is 1.92 bits per heavy atom. The van der Waals surface area contributed by atoms with Crippen molar-refractivity contribution < 1.29 is 10.0 Å². The van der Waals surface area contributed by atoms with Crippen molar-refractivity contribution in [2.75, 3.05) is 0 Å². The first kappa shape index (κ1) is 16.4. The molecule has 24 heavy (non-hydrogen) atoms. The van der Waals surface area contributed by atoms with Crippen LogP contribution in [-0.2, 0) is 4.79 Å². The molecule has 0 unspecified atom stereocenters. The van der Waals surface area contributed by atoms with Crippen LogP contribution in [-0.4, -0.2) is 16.7 Å². The van der Waals surface area contributed by atoms with Gasteiger partial charge in [-0.3, -0.25) is 4.79 Å². The lowest BCUT2D eigenvalue weighted by molar-refractivity contribution is -0.127. The molecule has 0 saturated heterocycles. The minimum absolute atomic E-state index is 0.247. The van der Waals surface area contributed by atoms with E-state index < -0.39 is 0 Å². The molecule has 0 aromatic heterocycles. The number of nitrogens with zero attached hydrogens (tertiary/aromatic N) is 1. The first-order valence-corrected chi connectivity index (χ1v) is 9.82. The molecule has 4 aliphatic rings. The van der Waals surface area contributed by atoms with Gasteiger partial charge in [0.1, 0.15) is 5.78 Å². The first-order valence-electron chi connectivity index (χ1n) is 9.82. The quantitative estimate of drug-likeness (QED) is 0.544. The second kappa shape index (κ2) is 5.44. The summed E-state index contributed by atoms with van der Waals surface area (Å²) in [6.07, 6.45) is 11.5. The van der Waals surface area contributed by atoms with Crippen LogP contribution in [0, 0.1) is 34.5 Å². The van der Waals surface area contributed by atoms with E-state index in [1.54, 1.807) is 0 Å². The highest BCUT2D eigenvalue weighted by Crippen LogP contribution is 2.66. The number of ketones is 1. The van der Waals surface area contributed by atoms with Crippen molar-refractivity contribution in [3.8, 4) is 0 Å². The number of carbonyl (C=O) groups excluding carboxylic acids is 1. The van der Waals surface area contributed by atoms with Gasteiger partial charge in [-0.25, -0.2) is 0 Å². The lowest BCUT2D eigenvalue weighted by atomic mass is 9.46. The Bertz CT molecular complexity index is 621. The number of rotatable bonds is 1. The zero-order chi connectivity index (χ0) is 17.1. The minimum Gasteiger partial charge on any atom is -0.411 e. The van der Waals surface area contributed by atoms with E-state index in [0.717, 1.165) is 49.1 Å². The number of allylic oxidation sites excluding steroid dienone is 2. The third-order valence-corrected chi connectivity index (χ3v) is 8.60. The second-order valence-electron chi connectivity index (χ2n) is 9.38. The van der Waals surface area contributed by atoms with E-state index in [1.807, 2.05) is 6.92 Å². The van der Waals surface area contributed by atoms with Crippen LogP contribution in [0.4, 0.5) is 0 Å². The topological polar surface area (TPSA) is 49.7 Å². The maximum atomic E-state index is 12.2. The summed E-state index contributed by atoms with van der Waals surface area (Å²) >= 11 is 0. The Balaban J connectivity index is 1.66. The molecule has 0 aromatic carbocycles. The van der Waals surface area contributed by atoms with Crippen molar-refractivity contribution in [3.05, 3.63) is 11.6 Å². The smallest absolute Gasteiger partial charge is 0.133 e. The molecule has 3 heteroatoms.